The highest BCUT2D eigenvalue weighted by molar-refractivity contribution is 8.13. The minimum atomic E-state index is -3.88. The zero-order chi connectivity index (χ0) is 11.9. The van der Waals surface area contributed by atoms with Crippen LogP contribution in [-0.2, 0) is 16.1 Å². The van der Waals surface area contributed by atoms with Crippen LogP contribution >= 0.6 is 33.6 Å². The molecule has 0 aliphatic carbocycles. The summed E-state index contributed by atoms with van der Waals surface area (Å²) in [4.78, 5) is 0.728. The van der Waals surface area contributed by atoms with Crippen molar-refractivity contribution in [3.63, 3.8) is 0 Å². The summed E-state index contributed by atoms with van der Waals surface area (Å²) in [5, 5.41) is 7.01. The van der Waals surface area contributed by atoms with Crippen LogP contribution in [-0.4, -0.2) is 23.2 Å². The van der Waals surface area contributed by atoms with E-state index in [-0.39, 0.29) is 5.16 Å². The van der Waals surface area contributed by atoms with E-state index in [9.17, 15) is 8.42 Å². The van der Waals surface area contributed by atoms with Gasteiger partial charge in [0.2, 0.25) is 0 Å². The summed E-state index contributed by atoms with van der Waals surface area (Å²) in [6.45, 7) is 0. The third kappa shape index (κ3) is 2.08. The van der Waals surface area contributed by atoms with E-state index >= 15 is 0 Å². The number of hydrogen-bond acceptors (Lipinski definition) is 5. The maximum absolute atomic E-state index is 11.1. The first-order valence-corrected chi connectivity index (χ1v) is 7.50. The minimum Gasteiger partial charge on any atom is -0.299 e. The molecule has 2 heterocycles. The second-order valence-electron chi connectivity index (χ2n) is 2.91. The third-order valence-electron chi connectivity index (χ3n) is 1.85. The fourth-order valence-electron chi connectivity index (χ4n) is 1.18. The van der Waals surface area contributed by atoms with Crippen LogP contribution in [0.5, 0.6) is 0 Å². The van der Waals surface area contributed by atoms with E-state index in [2.05, 4.69) is 10.2 Å². The average Bonchev–Trinajstić information content (AvgIpc) is 2.70. The lowest BCUT2D eigenvalue weighted by atomic mass is 10.4. The Bertz CT molecular complexity index is 632. The fraction of sp³-hybridized carbons (Fsp3) is 0.143. The van der Waals surface area contributed by atoms with Crippen LogP contribution < -0.4 is 0 Å². The van der Waals surface area contributed by atoms with Gasteiger partial charge in [-0.25, -0.2) is 8.42 Å². The number of nitrogens with zero attached hydrogens (tertiary/aromatic N) is 3. The van der Waals surface area contributed by atoms with E-state index in [1.54, 1.807) is 12.1 Å². The Hall–Kier alpha value is -0.630. The van der Waals surface area contributed by atoms with Gasteiger partial charge in [0.25, 0.3) is 14.2 Å². The van der Waals surface area contributed by atoms with Gasteiger partial charge in [-0.1, -0.05) is 11.6 Å². The molecule has 9 heteroatoms. The molecule has 0 bridgehead atoms. The molecular formula is C7H5Cl2N3O2S2. The second kappa shape index (κ2) is 3.99. The summed E-state index contributed by atoms with van der Waals surface area (Å²) < 4.78 is 24.1. The highest BCUT2D eigenvalue weighted by Crippen LogP contribution is 2.30. The highest BCUT2D eigenvalue weighted by atomic mass is 35.7. The van der Waals surface area contributed by atoms with Crippen molar-refractivity contribution in [2.45, 2.75) is 5.16 Å². The van der Waals surface area contributed by atoms with E-state index in [1.807, 2.05) is 0 Å². The van der Waals surface area contributed by atoms with Gasteiger partial charge in [0.05, 0.1) is 9.21 Å². The van der Waals surface area contributed by atoms with Gasteiger partial charge in [0.15, 0.2) is 5.82 Å². The molecule has 5 nitrogen and oxygen atoms in total. The molecule has 0 spiro atoms. The molecule has 2 rings (SSSR count). The fourth-order valence-corrected chi connectivity index (χ4v) is 3.19. The van der Waals surface area contributed by atoms with Gasteiger partial charge in [-0.15, -0.1) is 21.5 Å². The van der Waals surface area contributed by atoms with Gasteiger partial charge in [-0.05, 0) is 12.1 Å². The van der Waals surface area contributed by atoms with Crippen LogP contribution in [0.15, 0.2) is 17.3 Å². The van der Waals surface area contributed by atoms with Crippen LogP contribution in [0, 0.1) is 0 Å². The molecule has 0 saturated heterocycles. The molecule has 0 N–H and O–H groups in total. The molecule has 16 heavy (non-hydrogen) atoms. The van der Waals surface area contributed by atoms with E-state index in [1.165, 1.54) is 23.0 Å². The molecule has 0 aliphatic rings. The summed E-state index contributed by atoms with van der Waals surface area (Å²) in [5.74, 6) is 0.413. The molecule has 0 aliphatic heterocycles. The van der Waals surface area contributed by atoms with E-state index in [0.717, 1.165) is 4.88 Å². The zero-order valence-electron chi connectivity index (χ0n) is 7.89. The first kappa shape index (κ1) is 11.8. The van der Waals surface area contributed by atoms with Crippen molar-refractivity contribution in [1.29, 1.82) is 0 Å². The van der Waals surface area contributed by atoms with Crippen molar-refractivity contribution >= 4 is 42.7 Å². The van der Waals surface area contributed by atoms with Gasteiger partial charge < -0.3 is 0 Å². The van der Waals surface area contributed by atoms with E-state index < -0.39 is 9.05 Å². The van der Waals surface area contributed by atoms with E-state index in [4.69, 9.17) is 22.3 Å². The summed E-state index contributed by atoms with van der Waals surface area (Å²) in [7, 11) is 2.84. The highest BCUT2D eigenvalue weighted by Gasteiger charge is 2.21. The zero-order valence-corrected chi connectivity index (χ0v) is 11.0. The van der Waals surface area contributed by atoms with Crippen molar-refractivity contribution in [3.8, 4) is 10.7 Å². The quantitative estimate of drug-likeness (QED) is 0.797. The van der Waals surface area contributed by atoms with Gasteiger partial charge in [0.1, 0.15) is 0 Å². The standard InChI is InChI=1S/C7H5Cl2N3O2S2/c1-12-6(4-2-3-5(8)15-4)10-11-7(12)16(9,13)14/h2-3H,1H3. The smallest absolute Gasteiger partial charge is 0.296 e. The molecule has 0 saturated carbocycles. The molecule has 0 amide bonds. The Kier molecular flexibility index (Phi) is 2.95. The second-order valence-corrected chi connectivity index (χ2v) is 7.08. The van der Waals surface area contributed by atoms with Gasteiger partial charge in [0, 0.05) is 17.7 Å². The Balaban J connectivity index is 2.58. The SMILES string of the molecule is Cn1c(-c2ccc(Cl)s2)nnc1S(=O)(=O)Cl. The Morgan fingerprint density at radius 1 is 1.38 bits per heavy atom. The Labute approximate surface area is 105 Å². The predicted molar refractivity (Wildman–Crippen MR) is 62.4 cm³/mol. The third-order valence-corrected chi connectivity index (χ3v) is 4.28. The van der Waals surface area contributed by atoms with Crippen LogP contribution in [0.2, 0.25) is 4.34 Å². The topological polar surface area (TPSA) is 64.8 Å². The number of hydrogen-bond donors (Lipinski definition) is 0. The van der Waals surface area contributed by atoms with Crippen molar-refractivity contribution < 1.29 is 8.42 Å². The Morgan fingerprint density at radius 2 is 2.06 bits per heavy atom. The molecule has 0 aromatic carbocycles. The summed E-state index contributed by atoms with van der Waals surface area (Å²) >= 11 is 7.06. The first-order valence-electron chi connectivity index (χ1n) is 3.99. The van der Waals surface area contributed by atoms with Crippen LogP contribution in [0.4, 0.5) is 0 Å². The minimum absolute atomic E-state index is 0.284. The molecular weight excluding hydrogens is 293 g/mol. The summed E-state index contributed by atoms with van der Waals surface area (Å²) in [6, 6.07) is 3.44. The summed E-state index contributed by atoms with van der Waals surface area (Å²) in [6.07, 6.45) is 0. The lowest BCUT2D eigenvalue weighted by molar-refractivity contribution is 0.593. The van der Waals surface area contributed by atoms with Gasteiger partial charge >= 0.3 is 0 Å². The predicted octanol–water partition coefficient (Wildman–Crippen LogP) is 2.12. The molecule has 2 aromatic rings. The van der Waals surface area contributed by atoms with Crippen LogP contribution in [0.25, 0.3) is 10.7 Å². The first-order chi connectivity index (χ1) is 7.39. The number of halogens is 2. The van der Waals surface area contributed by atoms with Crippen LogP contribution in [0.3, 0.4) is 0 Å². The summed E-state index contributed by atoms with van der Waals surface area (Å²) in [5.41, 5.74) is 0. The molecule has 86 valence electrons. The van der Waals surface area contributed by atoms with E-state index in [0.29, 0.717) is 10.2 Å². The monoisotopic (exact) mass is 297 g/mol. The van der Waals surface area contributed by atoms with Crippen molar-refractivity contribution in [2.75, 3.05) is 0 Å². The van der Waals surface area contributed by atoms with Crippen LogP contribution in [0.1, 0.15) is 0 Å². The Morgan fingerprint density at radius 3 is 2.50 bits per heavy atom. The number of thiophene rings is 1. The van der Waals surface area contributed by atoms with Crippen molar-refractivity contribution in [3.05, 3.63) is 16.5 Å². The average molecular weight is 298 g/mol. The molecule has 0 fully saturated rings. The number of aromatic nitrogens is 3. The normalized spacial score (nSPS) is 11.9. The van der Waals surface area contributed by atoms with Gasteiger partial charge in [-0.3, -0.25) is 4.57 Å². The van der Waals surface area contributed by atoms with Gasteiger partial charge in [-0.2, -0.15) is 0 Å². The largest absolute Gasteiger partial charge is 0.299 e. The molecule has 0 radical (unpaired) electrons. The van der Waals surface area contributed by atoms with Crippen molar-refractivity contribution in [2.24, 2.45) is 7.05 Å². The lowest BCUT2D eigenvalue weighted by Gasteiger charge is -1.98. The maximum Gasteiger partial charge on any atom is 0.296 e. The van der Waals surface area contributed by atoms with Crippen molar-refractivity contribution in [1.82, 2.24) is 14.8 Å². The molecule has 0 unspecified atom stereocenters. The lowest BCUT2D eigenvalue weighted by Crippen LogP contribution is -2.02. The maximum atomic E-state index is 11.1. The number of rotatable bonds is 2. The molecule has 0 atom stereocenters. The molecule has 2 aromatic heterocycles.